The van der Waals surface area contributed by atoms with Crippen molar-refractivity contribution < 1.29 is 9.53 Å². The van der Waals surface area contributed by atoms with Gasteiger partial charge in [0.2, 0.25) is 0 Å². The Hall–Kier alpha value is -3.69. The second-order valence-electron chi connectivity index (χ2n) is 6.05. The molecule has 0 aliphatic heterocycles. The Labute approximate surface area is 165 Å². The van der Waals surface area contributed by atoms with Gasteiger partial charge in [0.15, 0.2) is 5.69 Å². The Kier molecular flexibility index (Phi) is 4.75. The largest absolute Gasteiger partial charge is 0.465 e. The fraction of sp³-hybridized carbons (Fsp3) is 0.0455. The van der Waals surface area contributed by atoms with E-state index in [0.717, 1.165) is 27.9 Å². The SMILES string of the molecule is COC(=O)c1cc2c(Nc3ccc(-c4ccccc4)cc3)cnc(C#N)c2s1. The molecule has 0 unspecified atom stereocenters. The van der Waals surface area contributed by atoms with E-state index in [1.54, 1.807) is 12.3 Å². The first-order valence-electron chi connectivity index (χ1n) is 8.53. The predicted octanol–water partition coefficient (Wildman–Crippen LogP) is 5.37. The Morgan fingerprint density at radius 2 is 1.82 bits per heavy atom. The van der Waals surface area contributed by atoms with Crippen LogP contribution in [-0.4, -0.2) is 18.1 Å². The summed E-state index contributed by atoms with van der Waals surface area (Å²) >= 11 is 1.21. The molecule has 0 radical (unpaired) electrons. The van der Waals surface area contributed by atoms with E-state index in [9.17, 15) is 10.1 Å². The zero-order chi connectivity index (χ0) is 19.5. The lowest BCUT2D eigenvalue weighted by atomic mass is 10.1. The van der Waals surface area contributed by atoms with Crippen molar-refractivity contribution in [2.45, 2.75) is 0 Å². The van der Waals surface area contributed by atoms with Gasteiger partial charge in [-0.15, -0.1) is 11.3 Å². The molecule has 0 atom stereocenters. The summed E-state index contributed by atoms with van der Waals surface area (Å²) in [5, 5.41) is 13.4. The number of thiophene rings is 1. The first kappa shape index (κ1) is 17.7. The highest BCUT2D eigenvalue weighted by Crippen LogP contribution is 2.35. The molecule has 28 heavy (non-hydrogen) atoms. The van der Waals surface area contributed by atoms with Crippen molar-refractivity contribution in [2.24, 2.45) is 0 Å². The quantitative estimate of drug-likeness (QED) is 0.478. The highest BCUT2D eigenvalue weighted by Gasteiger charge is 2.16. The number of nitrogens with one attached hydrogen (secondary N) is 1. The monoisotopic (exact) mass is 385 g/mol. The average Bonchev–Trinajstić information content (AvgIpc) is 3.20. The van der Waals surface area contributed by atoms with E-state index in [1.165, 1.54) is 18.4 Å². The molecule has 0 saturated carbocycles. The van der Waals surface area contributed by atoms with Crippen molar-refractivity contribution in [1.82, 2.24) is 4.98 Å². The summed E-state index contributed by atoms with van der Waals surface area (Å²) in [7, 11) is 1.34. The molecular weight excluding hydrogens is 370 g/mol. The van der Waals surface area contributed by atoms with Gasteiger partial charge < -0.3 is 10.1 Å². The molecule has 6 heteroatoms. The number of benzene rings is 2. The second-order valence-corrected chi connectivity index (χ2v) is 7.10. The number of nitrogens with zero attached hydrogens (tertiary/aromatic N) is 2. The summed E-state index contributed by atoms with van der Waals surface area (Å²) < 4.78 is 5.46. The maximum Gasteiger partial charge on any atom is 0.348 e. The minimum Gasteiger partial charge on any atom is -0.465 e. The summed E-state index contributed by atoms with van der Waals surface area (Å²) in [5.74, 6) is -0.428. The molecule has 0 aliphatic carbocycles. The lowest BCUT2D eigenvalue weighted by Gasteiger charge is -2.09. The molecule has 2 aromatic carbocycles. The molecule has 0 fully saturated rings. The number of methoxy groups -OCH3 is 1. The van der Waals surface area contributed by atoms with E-state index in [4.69, 9.17) is 4.74 Å². The normalized spacial score (nSPS) is 10.4. The Morgan fingerprint density at radius 1 is 1.11 bits per heavy atom. The summed E-state index contributed by atoms with van der Waals surface area (Å²) in [6, 6.07) is 22.0. The van der Waals surface area contributed by atoms with Gasteiger partial charge >= 0.3 is 5.97 Å². The summed E-state index contributed by atoms with van der Waals surface area (Å²) in [4.78, 5) is 16.5. The standard InChI is InChI=1S/C22H15N3O2S/c1-27-22(26)20-11-17-19(13-24-18(12-23)21(17)28-20)25-16-9-7-15(8-10-16)14-5-3-2-4-6-14/h2-11,13,25H,1H3. The maximum absolute atomic E-state index is 11.9. The molecule has 0 bridgehead atoms. The van der Waals surface area contributed by atoms with Gasteiger partial charge in [-0.05, 0) is 29.3 Å². The third-order valence-electron chi connectivity index (χ3n) is 4.32. The number of rotatable bonds is 4. The highest BCUT2D eigenvalue weighted by molar-refractivity contribution is 7.21. The van der Waals surface area contributed by atoms with Gasteiger partial charge in [-0.25, -0.2) is 9.78 Å². The first-order chi connectivity index (χ1) is 13.7. The smallest absolute Gasteiger partial charge is 0.348 e. The predicted molar refractivity (Wildman–Crippen MR) is 111 cm³/mol. The van der Waals surface area contributed by atoms with Crippen LogP contribution in [0.3, 0.4) is 0 Å². The van der Waals surface area contributed by atoms with E-state index < -0.39 is 5.97 Å². The van der Waals surface area contributed by atoms with Crippen LogP contribution in [0.4, 0.5) is 11.4 Å². The first-order valence-corrected chi connectivity index (χ1v) is 9.34. The summed E-state index contributed by atoms with van der Waals surface area (Å²) in [5.41, 5.74) is 4.18. The number of carbonyl (C=O) groups is 1. The van der Waals surface area contributed by atoms with E-state index >= 15 is 0 Å². The molecule has 0 saturated heterocycles. The second kappa shape index (κ2) is 7.51. The van der Waals surface area contributed by atoms with Crippen LogP contribution < -0.4 is 5.32 Å². The zero-order valence-electron chi connectivity index (χ0n) is 15.0. The van der Waals surface area contributed by atoms with Gasteiger partial charge in [-0.2, -0.15) is 5.26 Å². The Bertz CT molecular complexity index is 1190. The van der Waals surface area contributed by atoms with Gasteiger partial charge in [-0.3, -0.25) is 0 Å². The lowest BCUT2D eigenvalue weighted by Crippen LogP contribution is -1.96. The summed E-state index contributed by atoms with van der Waals surface area (Å²) in [6.45, 7) is 0. The number of carbonyl (C=O) groups excluding carboxylic acids is 1. The van der Waals surface area contributed by atoms with Gasteiger partial charge in [-0.1, -0.05) is 42.5 Å². The number of hydrogen-bond donors (Lipinski definition) is 1. The third-order valence-corrected chi connectivity index (χ3v) is 5.45. The van der Waals surface area contributed by atoms with Crippen molar-refractivity contribution >= 4 is 38.8 Å². The number of fused-ring (bicyclic) bond motifs is 1. The highest BCUT2D eigenvalue weighted by atomic mass is 32.1. The third kappa shape index (κ3) is 3.31. The number of anilines is 2. The molecule has 136 valence electrons. The maximum atomic E-state index is 11.9. The number of ether oxygens (including phenoxy) is 1. The van der Waals surface area contributed by atoms with Crippen LogP contribution >= 0.6 is 11.3 Å². The van der Waals surface area contributed by atoms with Gasteiger partial charge in [0.25, 0.3) is 0 Å². The van der Waals surface area contributed by atoms with Crippen molar-refractivity contribution in [1.29, 1.82) is 5.26 Å². The number of esters is 1. The zero-order valence-corrected chi connectivity index (χ0v) is 15.8. The minimum atomic E-state index is -0.428. The lowest BCUT2D eigenvalue weighted by molar-refractivity contribution is 0.0606. The minimum absolute atomic E-state index is 0.292. The van der Waals surface area contributed by atoms with Crippen LogP contribution in [0.2, 0.25) is 0 Å². The molecule has 5 nitrogen and oxygen atoms in total. The summed E-state index contributed by atoms with van der Waals surface area (Å²) in [6.07, 6.45) is 1.61. The molecule has 1 N–H and O–H groups in total. The molecule has 2 heterocycles. The van der Waals surface area contributed by atoms with Gasteiger partial charge in [0, 0.05) is 11.1 Å². The van der Waals surface area contributed by atoms with Gasteiger partial charge in [0.1, 0.15) is 10.9 Å². The van der Waals surface area contributed by atoms with Crippen molar-refractivity contribution in [3.8, 4) is 17.2 Å². The average molecular weight is 385 g/mol. The topological polar surface area (TPSA) is 75.0 Å². The molecule has 0 aliphatic rings. The van der Waals surface area contributed by atoms with Crippen molar-refractivity contribution in [2.75, 3.05) is 12.4 Å². The number of hydrogen-bond acceptors (Lipinski definition) is 6. The van der Waals surface area contributed by atoms with Crippen LogP contribution in [0.5, 0.6) is 0 Å². The molecule has 4 rings (SSSR count). The number of aromatic nitrogens is 1. The molecule has 4 aromatic rings. The molecule has 0 amide bonds. The molecular formula is C22H15N3O2S. The fourth-order valence-corrected chi connectivity index (χ4v) is 3.97. The Balaban J connectivity index is 1.69. The van der Waals surface area contributed by atoms with Crippen molar-refractivity contribution in [3.63, 3.8) is 0 Å². The molecule has 0 spiro atoms. The van der Waals surface area contributed by atoms with Crippen LogP contribution in [0.25, 0.3) is 21.2 Å². The fourth-order valence-electron chi connectivity index (χ4n) is 2.94. The number of nitriles is 1. The number of pyridine rings is 1. The van der Waals surface area contributed by atoms with E-state index in [2.05, 4.69) is 28.5 Å². The van der Waals surface area contributed by atoms with Gasteiger partial charge in [0.05, 0.1) is 23.7 Å². The Morgan fingerprint density at radius 3 is 2.50 bits per heavy atom. The van der Waals surface area contributed by atoms with E-state index in [-0.39, 0.29) is 0 Å². The van der Waals surface area contributed by atoms with E-state index in [1.807, 2.05) is 42.5 Å². The van der Waals surface area contributed by atoms with Crippen LogP contribution in [-0.2, 0) is 4.74 Å². The van der Waals surface area contributed by atoms with Crippen LogP contribution in [0.1, 0.15) is 15.4 Å². The molecule has 2 aromatic heterocycles. The van der Waals surface area contributed by atoms with Crippen molar-refractivity contribution in [3.05, 3.63) is 77.4 Å². The van der Waals surface area contributed by atoms with E-state index in [0.29, 0.717) is 15.3 Å². The van der Waals surface area contributed by atoms with Crippen LogP contribution in [0, 0.1) is 11.3 Å². The van der Waals surface area contributed by atoms with Crippen LogP contribution in [0.15, 0.2) is 66.9 Å².